The zero-order valence-corrected chi connectivity index (χ0v) is 10.2. The van der Waals surface area contributed by atoms with Crippen LogP contribution < -0.4 is 15.8 Å². The third kappa shape index (κ3) is 2.42. The van der Waals surface area contributed by atoms with E-state index in [4.69, 9.17) is 10.5 Å². The Bertz CT molecular complexity index is 577. The fourth-order valence-electron chi connectivity index (χ4n) is 1.52. The van der Waals surface area contributed by atoms with E-state index >= 15 is 0 Å². The zero-order valence-electron chi connectivity index (χ0n) is 10.2. The number of ether oxygens (including phenoxy) is 1. The lowest BCUT2D eigenvalue weighted by Crippen LogP contribution is -2.14. The number of benzene rings is 1. The van der Waals surface area contributed by atoms with Crippen LogP contribution in [-0.2, 0) is 7.05 Å². The van der Waals surface area contributed by atoms with E-state index in [0.717, 1.165) is 0 Å². The highest BCUT2D eigenvalue weighted by Crippen LogP contribution is 2.20. The molecule has 0 atom stereocenters. The number of carbonyl (C=O) groups is 1. The first-order chi connectivity index (χ1) is 8.60. The SMILES string of the molecule is COc1ccc(N)c(C(=O)Nc2ccn(C)n2)c1. The summed E-state index contributed by atoms with van der Waals surface area (Å²) in [5, 5.41) is 6.73. The summed E-state index contributed by atoms with van der Waals surface area (Å²) in [5.41, 5.74) is 6.52. The van der Waals surface area contributed by atoms with Crippen molar-refractivity contribution in [2.75, 3.05) is 18.2 Å². The molecule has 0 aliphatic carbocycles. The van der Waals surface area contributed by atoms with Crippen molar-refractivity contribution in [3.8, 4) is 5.75 Å². The molecule has 0 spiro atoms. The number of nitrogens with one attached hydrogen (secondary N) is 1. The summed E-state index contributed by atoms with van der Waals surface area (Å²) in [5.74, 6) is 0.741. The molecule has 3 N–H and O–H groups in total. The second kappa shape index (κ2) is 4.79. The molecule has 2 aromatic rings. The predicted molar refractivity (Wildman–Crippen MR) is 68.6 cm³/mol. The molecule has 0 radical (unpaired) electrons. The highest BCUT2D eigenvalue weighted by atomic mass is 16.5. The van der Waals surface area contributed by atoms with Gasteiger partial charge in [0.1, 0.15) is 5.75 Å². The van der Waals surface area contributed by atoms with E-state index in [1.54, 1.807) is 42.2 Å². The van der Waals surface area contributed by atoms with Gasteiger partial charge in [0.15, 0.2) is 5.82 Å². The van der Waals surface area contributed by atoms with Crippen molar-refractivity contribution in [3.63, 3.8) is 0 Å². The van der Waals surface area contributed by atoms with Gasteiger partial charge >= 0.3 is 0 Å². The zero-order chi connectivity index (χ0) is 13.1. The van der Waals surface area contributed by atoms with Crippen LogP contribution in [-0.4, -0.2) is 22.8 Å². The third-order valence-electron chi connectivity index (χ3n) is 2.46. The molecule has 0 fully saturated rings. The molecule has 0 saturated heterocycles. The average molecular weight is 246 g/mol. The first-order valence-corrected chi connectivity index (χ1v) is 5.34. The summed E-state index contributed by atoms with van der Waals surface area (Å²) in [6.07, 6.45) is 1.74. The number of hydrogen-bond acceptors (Lipinski definition) is 4. The molecule has 0 aliphatic heterocycles. The number of amides is 1. The molecule has 0 unspecified atom stereocenters. The Labute approximate surface area is 104 Å². The molecule has 94 valence electrons. The van der Waals surface area contributed by atoms with Crippen LogP contribution in [0.3, 0.4) is 0 Å². The van der Waals surface area contributed by atoms with Crippen molar-refractivity contribution < 1.29 is 9.53 Å². The monoisotopic (exact) mass is 246 g/mol. The van der Waals surface area contributed by atoms with E-state index in [2.05, 4.69) is 10.4 Å². The maximum atomic E-state index is 12.0. The van der Waals surface area contributed by atoms with E-state index in [1.165, 1.54) is 7.11 Å². The molecule has 6 heteroatoms. The molecular weight excluding hydrogens is 232 g/mol. The van der Waals surface area contributed by atoms with Crippen molar-refractivity contribution in [2.45, 2.75) is 0 Å². The first kappa shape index (κ1) is 12.0. The molecule has 0 saturated carbocycles. The number of nitrogens with zero attached hydrogens (tertiary/aromatic N) is 2. The number of rotatable bonds is 3. The van der Waals surface area contributed by atoms with E-state index < -0.39 is 0 Å². The number of anilines is 2. The van der Waals surface area contributed by atoms with E-state index in [9.17, 15) is 4.79 Å². The number of nitrogens with two attached hydrogens (primary N) is 1. The second-order valence-electron chi connectivity index (χ2n) is 3.78. The van der Waals surface area contributed by atoms with Crippen molar-refractivity contribution in [3.05, 3.63) is 36.0 Å². The molecule has 1 heterocycles. The van der Waals surface area contributed by atoms with Crippen LogP contribution in [0, 0.1) is 0 Å². The third-order valence-corrected chi connectivity index (χ3v) is 2.46. The van der Waals surface area contributed by atoms with E-state index in [-0.39, 0.29) is 5.91 Å². The number of hydrogen-bond donors (Lipinski definition) is 2. The molecule has 1 aromatic carbocycles. The van der Waals surface area contributed by atoms with Gasteiger partial charge < -0.3 is 15.8 Å². The van der Waals surface area contributed by atoms with Crippen LogP contribution in [0.4, 0.5) is 11.5 Å². The van der Waals surface area contributed by atoms with Crippen molar-refractivity contribution in [1.82, 2.24) is 9.78 Å². The summed E-state index contributed by atoms with van der Waals surface area (Å²) in [6.45, 7) is 0. The lowest BCUT2D eigenvalue weighted by molar-refractivity contribution is 0.102. The van der Waals surface area contributed by atoms with Gasteiger partial charge in [-0.2, -0.15) is 5.10 Å². The van der Waals surface area contributed by atoms with Crippen molar-refractivity contribution >= 4 is 17.4 Å². The van der Waals surface area contributed by atoms with E-state index in [0.29, 0.717) is 22.8 Å². The lowest BCUT2D eigenvalue weighted by Gasteiger charge is -2.07. The van der Waals surface area contributed by atoms with Gasteiger partial charge in [-0.05, 0) is 18.2 Å². The van der Waals surface area contributed by atoms with Crippen LogP contribution in [0.1, 0.15) is 10.4 Å². The molecule has 0 aliphatic rings. The summed E-state index contributed by atoms with van der Waals surface area (Å²) >= 11 is 0. The average Bonchev–Trinajstić information content (AvgIpc) is 2.75. The van der Waals surface area contributed by atoms with Gasteiger partial charge in [0, 0.05) is 25.0 Å². The Morgan fingerprint density at radius 3 is 2.83 bits per heavy atom. The molecular formula is C12H14N4O2. The van der Waals surface area contributed by atoms with Crippen LogP contribution >= 0.6 is 0 Å². The van der Waals surface area contributed by atoms with Gasteiger partial charge in [0.25, 0.3) is 5.91 Å². The topological polar surface area (TPSA) is 82.2 Å². The van der Waals surface area contributed by atoms with Gasteiger partial charge in [-0.1, -0.05) is 0 Å². The lowest BCUT2D eigenvalue weighted by atomic mass is 10.1. The minimum absolute atomic E-state index is 0.315. The number of aromatic nitrogens is 2. The van der Waals surface area contributed by atoms with Gasteiger partial charge in [-0.15, -0.1) is 0 Å². The quantitative estimate of drug-likeness (QED) is 0.799. The molecule has 2 rings (SSSR count). The Balaban J connectivity index is 2.23. The summed E-state index contributed by atoms with van der Waals surface area (Å²) in [6, 6.07) is 6.63. The Kier molecular flexibility index (Phi) is 3.18. The van der Waals surface area contributed by atoms with Gasteiger partial charge in [-0.3, -0.25) is 9.48 Å². The van der Waals surface area contributed by atoms with Crippen molar-refractivity contribution in [1.29, 1.82) is 0 Å². The van der Waals surface area contributed by atoms with Crippen LogP contribution in [0.25, 0.3) is 0 Å². The summed E-state index contributed by atoms with van der Waals surface area (Å²) < 4.78 is 6.66. The Hall–Kier alpha value is -2.50. The van der Waals surface area contributed by atoms with Crippen LogP contribution in [0.15, 0.2) is 30.5 Å². The largest absolute Gasteiger partial charge is 0.497 e. The maximum Gasteiger partial charge on any atom is 0.259 e. The minimum Gasteiger partial charge on any atom is -0.497 e. The Morgan fingerprint density at radius 1 is 1.44 bits per heavy atom. The highest BCUT2D eigenvalue weighted by molar-refractivity contribution is 6.07. The second-order valence-corrected chi connectivity index (χ2v) is 3.78. The molecule has 1 aromatic heterocycles. The van der Waals surface area contributed by atoms with Crippen LogP contribution in [0.5, 0.6) is 5.75 Å². The normalized spacial score (nSPS) is 10.1. The van der Waals surface area contributed by atoms with Gasteiger partial charge in [0.2, 0.25) is 0 Å². The molecule has 1 amide bonds. The number of methoxy groups -OCH3 is 1. The van der Waals surface area contributed by atoms with Crippen LogP contribution in [0.2, 0.25) is 0 Å². The molecule has 18 heavy (non-hydrogen) atoms. The predicted octanol–water partition coefficient (Wildman–Crippen LogP) is 1.26. The fourth-order valence-corrected chi connectivity index (χ4v) is 1.52. The number of carbonyl (C=O) groups excluding carboxylic acids is 1. The standard InChI is InChI=1S/C12H14N4O2/c1-16-6-5-11(15-16)14-12(17)9-7-8(18-2)3-4-10(9)13/h3-7H,13H2,1-2H3,(H,14,15,17). The Morgan fingerprint density at radius 2 is 2.22 bits per heavy atom. The molecule has 6 nitrogen and oxygen atoms in total. The summed E-state index contributed by atoms with van der Waals surface area (Å²) in [7, 11) is 3.31. The van der Waals surface area contributed by atoms with Gasteiger partial charge in [0.05, 0.1) is 12.7 Å². The maximum absolute atomic E-state index is 12.0. The molecule has 0 bridgehead atoms. The smallest absolute Gasteiger partial charge is 0.259 e. The number of nitrogen functional groups attached to an aromatic ring is 1. The highest BCUT2D eigenvalue weighted by Gasteiger charge is 2.12. The first-order valence-electron chi connectivity index (χ1n) is 5.34. The minimum atomic E-state index is -0.315. The van der Waals surface area contributed by atoms with Crippen molar-refractivity contribution in [2.24, 2.45) is 7.05 Å². The fraction of sp³-hybridized carbons (Fsp3) is 0.167. The van der Waals surface area contributed by atoms with E-state index in [1.807, 2.05) is 0 Å². The summed E-state index contributed by atoms with van der Waals surface area (Å²) in [4.78, 5) is 12.0. The number of aryl methyl sites for hydroxylation is 1. The van der Waals surface area contributed by atoms with Gasteiger partial charge in [-0.25, -0.2) is 0 Å².